The van der Waals surface area contributed by atoms with E-state index in [0.29, 0.717) is 17.7 Å². The highest BCUT2D eigenvalue weighted by atomic mass is 19.1. The van der Waals surface area contributed by atoms with E-state index in [4.69, 9.17) is 4.74 Å². The van der Waals surface area contributed by atoms with Crippen molar-refractivity contribution in [3.63, 3.8) is 0 Å². The fourth-order valence-corrected chi connectivity index (χ4v) is 2.62. The Morgan fingerprint density at radius 2 is 2.04 bits per heavy atom. The first-order valence-electron chi connectivity index (χ1n) is 8.71. The highest BCUT2D eigenvalue weighted by Crippen LogP contribution is 2.28. The molecule has 0 aliphatic rings. The second-order valence-corrected chi connectivity index (χ2v) is 6.33. The molecule has 0 spiro atoms. The van der Waals surface area contributed by atoms with Gasteiger partial charge in [-0.3, -0.25) is 9.59 Å². The van der Waals surface area contributed by atoms with Crippen molar-refractivity contribution in [1.29, 1.82) is 0 Å². The van der Waals surface area contributed by atoms with Crippen LogP contribution in [0.3, 0.4) is 0 Å². The first-order chi connectivity index (χ1) is 13.3. The number of carbonyl (C=O) groups excluding carboxylic acids is 1. The van der Waals surface area contributed by atoms with Crippen molar-refractivity contribution in [2.75, 3.05) is 7.11 Å². The van der Waals surface area contributed by atoms with Crippen LogP contribution >= 0.6 is 0 Å². The van der Waals surface area contributed by atoms with E-state index < -0.39 is 35.8 Å². The van der Waals surface area contributed by atoms with Gasteiger partial charge in [0.25, 0.3) is 5.56 Å². The zero-order chi connectivity index (χ0) is 20.8. The van der Waals surface area contributed by atoms with Gasteiger partial charge in [-0.15, -0.1) is 0 Å². The molecular weight excluding hydrogens is 369 g/mol. The maximum Gasteiger partial charge on any atom is 0.326 e. The molecule has 2 atom stereocenters. The number of benzene rings is 1. The number of rotatable bonds is 8. The van der Waals surface area contributed by atoms with E-state index in [1.165, 1.54) is 37.4 Å². The van der Waals surface area contributed by atoms with Crippen LogP contribution in [-0.4, -0.2) is 39.9 Å². The fraction of sp³-hybridized carbons (Fsp3) is 0.368. The lowest BCUT2D eigenvalue weighted by Gasteiger charge is -2.20. The van der Waals surface area contributed by atoms with Gasteiger partial charge in [-0.1, -0.05) is 20.3 Å². The first kappa shape index (κ1) is 21.1. The molecule has 2 aromatic rings. The van der Waals surface area contributed by atoms with Crippen molar-refractivity contribution in [3.05, 3.63) is 46.5 Å². The van der Waals surface area contributed by atoms with Gasteiger partial charge in [0.2, 0.25) is 5.91 Å². The number of carboxylic acid groups (broad SMARTS) is 1. The van der Waals surface area contributed by atoms with Crippen LogP contribution in [0.5, 0.6) is 5.75 Å². The number of carboxylic acids is 1. The van der Waals surface area contributed by atoms with Crippen molar-refractivity contribution in [2.45, 2.75) is 32.9 Å². The number of ether oxygens (including phenoxy) is 1. The normalized spacial score (nSPS) is 12.9. The summed E-state index contributed by atoms with van der Waals surface area (Å²) in [6, 6.07) is 5.46. The Morgan fingerprint density at radius 1 is 1.32 bits per heavy atom. The van der Waals surface area contributed by atoms with Crippen molar-refractivity contribution in [1.82, 2.24) is 15.1 Å². The quantitative estimate of drug-likeness (QED) is 0.708. The molecule has 0 saturated heterocycles. The Kier molecular flexibility index (Phi) is 6.86. The number of aliphatic carboxylic acids is 1. The molecule has 1 amide bonds. The number of nitrogens with one attached hydrogen (secondary N) is 1. The summed E-state index contributed by atoms with van der Waals surface area (Å²) in [5, 5.41) is 15.8. The van der Waals surface area contributed by atoms with E-state index in [1.807, 2.05) is 6.92 Å². The Labute approximate surface area is 160 Å². The number of hydrogen-bond acceptors (Lipinski definition) is 5. The predicted molar refractivity (Wildman–Crippen MR) is 99.5 cm³/mol. The molecular formula is C19H22FN3O5. The predicted octanol–water partition coefficient (Wildman–Crippen LogP) is 1.67. The molecule has 0 unspecified atom stereocenters. The summed E-state index contributed by atoms with van der Waals surface area (Å²) in [6.07, 6.45) is 0.565. The highest BCUT2D eigenvalue weighted by molar-refractivity contribution is 5.83. The van der Waals surface area contributed by atoms with Gasteiger partial charge in [-0.25, -0.2) is 13.9 Å². The van der Waals surface area contributed by atoms with Crippen molar-refractivity contribution in [3.8, 4) is 17.0 Å². The zero-order valence-corrected chi connectivity index (χ0v) is 15.8. The van der Waals surface area contributed by atoms with Crippen LogP contribution in [0, 0.1) is 11.7 Å². The topological polar surface area (TPSA) is 111 Å². The number of halogens is 1. The van der Waals surface area contributed by atoms with Crippen molar-refractivity contribution in [2.24, 2.45) is 5.92 Å². The summed E-state index contributed by atoms with van der Waals surface area (Å²) in [5.41, 5.74) is 0.220. The SMILES string of the molecule is CC[C@H](C)[C@H](NC(=O)Cn1nc(-c2ccc(F)cc2OC)ccc1=O)C(=O)O. The number of carbonyl (C=O) groups is 2. The van der Waals surface area contributed by atoms with E-state index in [-0.39, 0.29) is 11.7 Å². The molecule has 1 aromatic heterocycles. The van der Waals surface area contributed by atoms with Crippen LogP contribution < -0.4 is 15.6 Å². The standard InChI is InChI=1S/C19H22FN3O5/c1-4-11(2)18(19(26)27)21-16(24)10-23-17(25)8-7-14(22-23)13-6-5-12(20)9-15(13)28-3/h5-9,11,18H,4,10H2,1-3H3,(H,21,24)(H,26,27)/t11-,18-/m0/s1. The molecule has 8 nitrogen and oxygen atoms in total. The number of amides is 1. The molecule has 2 N–H and O–H groups in total. The molecule has 0 radical (unpaired) electrons. The monoisotopic (exact) mass is 391 g/mol. The maximum absolute atomic E-state index is 13.4. The van der Waals surface area contributed by atoms with Gasteiger partial charge in [0.05, 0.1) is 12.8 Å². The van der Waals surface area contributed by atoms with Crippen LogP contribution in [0.4, 0.5) is 4.39 Å². The van der Waals surface area contributed by atoms with Crippen molar-refractivity contribution >= 4 is 11.9 Å². The van der Waals surface area contributed by atoms with Crippen molar-refractivity contribution < 1.29 is 23.8 Å². The summed E-state index contributed by atoms with van der Waals surface area (Å²) in [5.74, 6) is -2.33. The lowest BCUT2D eigenvalue weighted by atomic mass is 9.99. The van der Waals surface area contributed by atoms with Crippen LogP contribution in [0.15, 0.2) is 35.1 Å². The third-order valence-electron chi connectivity index (χ3n) is 4.40. The van der Waals surface area contributed by atoms with Crippen LogP contribution in [0.1, 0.15) is 20.3 Å². The first-order valence-corrected chi connectivity index (χ1v) is 8.71. The second kappa shape index (κ2) is 9.12. The Balaban J connectivity index is 2.28. The fourth-order valence-electron chi connectivity index (χ4n) is 2.62. The molecule has 0 fully saturated rings. The van der Waals surface area contributed by atoms with Gasteiger partial charge >= 0.3 is 5.97 Å². The summed E-state index contributed by atoms with van der Waals surface area (Å²) in [6.45, 7) is 3.08. The summed E-state index contributed by atoms with van der Waals surface area (Å²) < 4.78 is 19.4. The van der Waals surface area contributed by atoms with E-state index in [2.05, 4.69) is 10.4 Å². The van der Waals surface area contributed by atoms with Gasteiger partial charge in [-0.2, -0.15) is 5.10 Å². The summed E-state index contributed by atoms with van der Waals surface area (Å²) in [7, 11) is 1.38. The van der Waals surface area contributed by atoms with Gasteiger partial charge in [0.1, 0.15) is 24.2 Å². The molecule has 1 heterocycles. The molecule has 150 valence electrons. The van der Waals surface area contributed by atoms with Gasteiger partial charge < -0.3 is 15.2 Å². The Bertz CT molecular complexity index is 928. The Hall–Kier alpha value is -3.23. The number of hydrogen-bond donors (Lipinski definition) is 2. The van der Waals surface area contributed by atoms with Gasteiger partial charge in [0, 0.05) is 17.7 Å². The van der Waals surface area contributed by atoms with E-state index in [1.54, 1.807) is 6.92 Å². The molecule has 9 heteroatoms. The largest absolute Gasteiger partial charge is 0.496 e. The lowest BCUT2D eigenvalue weighted by molar-refractivity contribution is -0.143. The smallest absolute Gasteiger partial charge is 0.326 e. The Morgan fingerprint density at radius 3 is 2.64 bits per heavy atom. The molecule has 0 aliphatic heterocycles. The third kappa shape index (κ3) is 4.93. The zero-order valence-electron chi connectivity index (χ0n) is 15.8. The average Bonchev–Trinajstić information content (AvgIpc) is 2.67. The maximum atomic E-state index is 13.4. The molecule has 0 saturated carbocycles. The van der Waals surface area contributed by atoms with Crippen LogP contribution in [-0.2, 0) is 16.1 Å². The van der Waals surface area contributed by atoms with E-state index >= 15 is 0 Å². The molecule has 0 bridgehead atoms. The number of aromatic nitrogens is 2. The highest BCUT2D eigenvalue weighted by Gasteiger charge is 2.25. The number of nitrogens with zero attached hydrogens (tertiary/aromatic N) is 2. The van der Waals surface area contributed by atoms with Gasteiger partial charge in [-0.05, 0) is 24.1 Å². The van der Waals surface area contributed by atoms with Gasteiger partial charge in [0.15, 0.2) is 0 Å². The average molecular weight is 391 g/mol. The summed E-state index contributed by atoms with van der Waals surface area (Å²) >= 11 is 0. The molecule has 1 aromatic carbocycles. The molecule has 0 aliphatic carbocycles. The van der Waals surface area contributed by atoms with Crippen LogP contribution in [0.25, 0.3) is 11.3 Å². The molecule has 2 rings (SSSR count). The van der Waals surface area contributed by atoms with E-state index in [9.17, 15) is 23.9 Å². The number of methoxy groups -OCH3 is 1. The third-order valence-corrected chi connectivity index (χ3v) is 4.40. The molecule has 28 heavy (non-hydrogen) atoms. The second-order valence-electron chi connectivity index (χ2n) is 6.33. The summed E-state index contributed by atoms with van der Waals surface area (Å²) in [4.78, 5) is 35.7. The minimum absolute atomic E-state index is 0.227. The van der Waals surface area contributed by atoms with E-state index in [0.717, 1.165) is 4.68 Å². The minimum Gasteiger partial charge on any atom is -0.496 e. The van der Waals surface area contributed by atoms with Crippen LogP contribution in [0.2, 0.25) is 0 Å². The minimum atomic E-state index is -1.15. The lowest BCUT2D eigenvalue weighted by Crippen LogP contribution is -2.47.